The van der Waals surface area contributed by atoms with Gasteiger partial charge >= 0.3 is 0 Å². The van der Waals surface area contributed by atoms with Crippen LogP contribution >= 0.6 is 11.6 Å². The van der Waals surface area contributed by atoms with Crippen LogP contribution in [0.15, 0.2) is 77.5 Å². The van der Waals surface area contributed by atoms with Crippen LogP contribution in [0.2, 0.25) is 5.02 Å². The molecule has 0 radical (unpaired) electrons. The van der Waals surface area contributed by atoms with Gasteiger partial charge in [0, 0.05) is 31.4 Å². The van der Waals surface area contributed by atoms with Gasteiger partial charge in [0.05, 0.1) is 23.4 Å². The van der Waals surface area contributed by atoms with Gasteiger partial charge in [-0.3, -0.25) is 9.59 Å². The zero-order valence-corrected chi connectivity index (χ0v) is 20.9. The summed E-state index contributed by atoms with van der Waals surface area (Å²) < 4.78 is 5.34. The molecular formula is C27H27ClN4O4. The third kappa shape index (κ3) is 7.10. The number of carbonyl (C=O) groups is 2. The summed E-state index contributed by atoms with van der Waals surface area (Å²) in [6.07, 6.45) is 2.83. The summed E-state index contributed by atoms with van der Waals surface area (Å²) in [4.78, 5) is 27.7. The molecule has 0 saturated carbocycles. The molecule has 186 valence electrons. The lowest BCUT2D eigenvalue weighted by atomic mass is 10.1. The monoisotopic (exact) mass is 506 g/mol. The van der Waals surface area contributed by atoms with Gasteiger partial charge in [0.25, 0.3) is 11.8 Å². The minimum Gasteiger partial charge on any atom is -0.507 e. The van der Waals surface area contributed by atoms with Crippen molar-refractivity contribution in [3.05, 3.63) is 94.1 Å². The third-order valence-electron chi connectivity index (χ3n) is 5.01. The zero-order chi connectivity index (χ0) is 26.1. The van der Waals surface area contributed by atoms with Gasteiger partial charge in [0.2, 0.25) is 0 Å². The van der Waals surface area contributed by atoms with E-state index in [9.17, 15) is 14.7 Å². The second kappa shape index (κ2) is 12.4. The Balaban J connectivity index is 1.82. The molecule has 8 nitrogen and oxygen atoms in total. The minimum absolute atomic E-state index is 0.0365. The molecule has 2 amide bonds. The number of phenols is 1. The Bertz CT molecular complexity index is 1290. The smallest absolute Gasteiger partial charge is 0.287 e. The molecule has 0 aromatic heterocycles. The van der Waals surface area contributed by atoms with Crippen molar-refractivity contribution in [3.63, 3.8) is 0 Å². The van der Waals surface area contributed by atoms with Crippen molar-refractivity contribution in [3.8, 4) is 11.5 Å². The molecule has 0 heterocycles. The van der Waals surface area contributed by atoms with E-state index >= 15 is 0 Å². The molecule has 3 aromatic carbocycles. The molecule has 0 atom stereocenters. The molecule has 0 aliphatic carbocycles. The maximum absolute atomic E-state index is 13.0. The lowest BCUT2D eigenvalue weighted by Crippen LogP contribution is -2.33. The number of anilines is 1. The van der Waals surface area contributed by atoms with E-state index in [2.05, 4.69) is 15.8 Å². The number of hydrogen-bond donors (Lipinski definition) is 3. The van der Waals surface area contributed by atoms with Crippen molar-refractivity contribution < 1.29 is 19.4 Å². The summed E-state index contributed by atoms with van der Waals surface area (Å²) in [7, 11) is 3.85. The van der Waals surface area contributed by atoms with Gasteiger partial charge in [-0.05, 0) is 55.0 Å². The number of carbonyl (C=O) groups excluding carboxylic acids is 2. The van der Waals surface area contributed by atoms with Crippen LogP contribution in [0.25, 0.3) is 6.08 Å². The quantitative estimate of drug-likeness (QED) is 0.226. The second-order valence-corrected chi connectivity index (χ2v) is 8.24. The highest BCUT2D eigenvalue weighted by Crippen LogP contribution is 2.22. The first kappa shape index (κ1) is 26.3. The largest absolute Gasteiger partial charge is 0.507 e. The zero-order valence-electron chi connectivity index (χ0n) is 20.2. The summed E-state index contributed by atoms with van der Waals surface area (Å²) >= 11 is 6.14. The summed E-state index contributed by atoms with van der Waals surface area (Å²) in [5, 5.41) is 17.0. The lowest BCUT2D eigenvalue weighted by Gasteiger charge is -2.13. The van der Waals surface area contributed by atoms with Gasteiger partial charge < -0.3 is 20.1 Å². The number of phenolic OH excluding ortho intramolecular Hbond substituents is 1. The van der Waals surface area contributed by atoms with Crippen LogP contribution in [0.3, 0.4) is 0 Å². The number of aromatic hydroxyl groups is 1. The molecule has 0 aliphatic heterocycles. The van der Waals surface area contributed by atoms with Gasteiger partial charge in [-0.2, -0.15) is 5.10 Å². The summed E-state index contributed by atoms with van der Waals surface area (Å²) in [5.41, 5.74) is 4.63. The van der Waals surface area contributed by atoms with E-state index in [1.54, 1.807) is 36.4 Å². The maximum atomic E-state index is 13.0. The summed E-state index contributed by atoms with van der Waals surface area (Å²) in [6.45, 7) is 2.31. The minimum atomic E-state index is -0.659. The van der Waals surface area contributed by atoms with E-state index in [1.807, 2.05) is 50.2 Å². The molecule has 0 fully saturated rings. The Hall–Kier alpha value is -4.30. The highest BCUT2D eigenvalue weighted by molar-refractivity contribution is 6.34. The van der Waals surface area contributed by atoms with Gasteiger partial charge in [-0.15, -0.1) is 0 Å². The standard InChI is InChI=1S/C27H27ClN4O4/c1-4-36-21-14-11-19(25(33)16-21)17-29-31-27(35)24(15-18-9-12-20(13-10-18)32(2)3)30-26(34)22-7-5-6-8-23(22)28/h5-17,33H,4H2,1-3H3,(H,30,34)(H,31,35)/b24-15+,29-17+. The van der Waals surface area contributed by atoms with Crippen LogP contribution in [0.1, 0.15) is 28.4 Å². The van der Waals surface area contributed by atoms with E-state index in [4.69, 9.17) is 16.3 Å². The van der Waals surface area contributed by atoms with Crippen molar-refractivity contribution in [2.24, 2.45) is 5.10 Å². The number of hydrogen-bond acceptors (Lipinski definition) is 6. The Labute approximate surface area is 214 Å². The van der Waals surface area contributed by atoms with Crippen molar-refractivity contribution in [1.82, 2.24) is 10.7 Å². The second-order valence-electron chi connectivity index (χ2n) is 7.83. The molecule has 3 N–H and O–H groups in total. The Morgan fingerprint density at radius 2 is 1.81 bits per heavy atom. The SMILES string of the molecule is CCOc1ccc(/C=N/NC(=O)/C(=C\c2ccc(N(C)C)cc2)NC(=O)c2ccccc2Cl)c(O)c1. The molecule has 0 saturated heterocycles. The molecule has 0 bridgehead atoms. The third-order valence-corrected chi connectivity index (χ3v) is 5.34. The predicted molar refractivity (Wildman–Crippen MR) is 143 cm³/mol. The molecule has 3 rings (SSSR count). The highest BCUT2D eigenvalue weighted by atomic mass is 35.5. The Morgan fingerprint density at radius 1 is 1.08 bits per heavy atom. The van der Waals surface area contributed by atoms with Gasteiger partial charge in [-0.1, -0.05) is 35.9 Å². The first-order valence-corrected chi connectivity index (χ1v) is 11.5. The first-order valence-electron chi connectivity index (χ1n) is 11.1. The number of amides is 2. The first-order chi connectivity index (χ1) is 17.3. The van der Waals surface area contributed by atoms with Gasteiger partial charge in [-0.25, -0.2) is 5.43 Å². The fourth-order valence-corrected chi connectivity index (χ4v) is 3.36. The van der Waals surface area contributed by atoms with E-state index in [-0.39, 0.29) is 22.0 Å². The van der Waals surface area contributed by atoms with Crippen molar-refractivity contribution in [2.75, 3.05) is 25.6 Å². The topological polar surface area (TPSA) is 103 Å². The number of nitrogens with zero attached hydrogens (tertiary/aromatic N) is 2. The van der Waals surface area contributed by atoms with Crippen LogP contribution in [-0.4, -0.2) is 43.8 Å². The molecule has 0 spiro atoms. The molecule has 0 unspecified atom stereocenters. The van der Waals surface area contributed by atoms with Crippen LogP contribution in [-0.2, 0) is 4.79 Å². The summed E-state index contributed by atoms with van der Waals surface area (Å²) in [6, 6.07) is 18.7. The number of nitrogens with one attached hydrogen (secondary N) is 2. The Morgan fingerprint density at radius 3 is 2.44 bits per heavy atom. The van der Waals surface area contributed by atoms with Crippen molar-refractivity contribution >= 4 is 41.4 Å². The van der Waals surface area contributed by atoms with E-state index < -0.39 is 11.8 Å². The van der Waals surface area contributed by atoms with E-state index in [1.165, 1.54) is 18.4 Å². The predicted octanol–water partition coefficient (Wildman–Crippen LogP) is 4.43. The number of ether oxygens (including phenoxy) is 1. The van der Waals surface area contributed by atoms with Crippen molar-refractivity contribution in [1.29, 1.82) is 0 Å². The van der Waals surface area contributed by atoms with Gasteiger partial charge in [0.15, 0.2) is 0 Å². The van der Waals surface area contributed by atoms with Crippen LogP contribution < -0.4 is 20.4 Å². The van der Waals surface area contributed by atoms with Crippen LogP contribution in [0, 0.1) is 0 Å². The molecule has 0 aliphatic rings. The average molecular weight is 507 g/mol. The molecule has 9 heteroatoms. The van der Waals surface area contributed by atoms with Crippen LogP contribution in [0.5, 0.6) is 11.5 Å². The van der Waals surface area contributed by atoms with Crippen LogP contribution in [0.4, 0.5) is 5.69 Å². The maximum Gasteiger partial charge on any atom is 0.287 e. The fourth-order valence-electron chi connectivity index (χ4n) is 3.14. The number of rotatable bonds is 9. The average Bonchev–Trinajstić information content (AvgIpc) is 2.85. The number of benzene rings is 3. The normalized spacial score (nSPS) is 11.3. The van der Waals surface area contributed by atoms with E-state index in [0.717, 1.165) is 5.69 Å². The summed E-state index contributed by atoms with van der Waals surface area (Å²) in [5.74, 6) is -0.736. The molecular weight excluding hydrogens is 480 g/mol. The fraction of sp³-hybridized carbons (Fsp3) is 0.148. The van der Waals surface area contributed by atoms with Crippen molar-refractivity contribution in [2.45, 2.75) is 6.92 Å². The molecule has 3 aromatic rings. The van der Waals surface area contributed by atoms with Gasteiger partial charge in [0.1, 0.15) is 17.2 Å². The lowest BCUT2D eigenvalue weighted by molar-refractivity contribution is -0.117. The highest BCUT2D eigenvalue weighted by Gasteiger charge is 2.16. The molecule has 36 heavy (non-hydrogen) atoms. The van der Waals surface area contributed by atoms with E-state index in [0.29, 0.717) is 23.5 Å². The number of hydrazone groups is 1. The number of halogens is 1. The Kier molecular flexibility index (Phi) is 9.07.